The van der Waals surface area contributed by atoms with Gasteiger partial charge in [-0.3, -0.25) is 4.55 Å². The highest BCUT2D eigenvalue weighted by Gasteiger charge is 2.09. The van der Waals surface area contributed by atoms with E-state index in [0.29, 0.717) is 12.0 Å². The highest BCUT2D eigenvalue weighted by molar-refractivity contribution is 7.83. The minimum Gasteiger partial charge on any atom is -0.268 e. The summed E-state index contributed by atoms with van der Waals surface area (Å²) in [5, 5.41) is 0. The average molecular weight is 212 g/mol. The van der Waals surface area contributed by atoms with E-state index in [1.165, 1.54) is 6.07 Å². The molecule has 0 unspecified atom stereocenters. The number of benzene rings is 1. The van der Waals surface area contributed by atoms with Gasteiger partial charge in [0.2, 0.25) is 0 Å². The Bertz CT molecular complexity index is 425. The predicted octanol–water partition coefficient (Wildman–Crippen LogP) is 1.45. The second-order valence-electron chi connectivity index (χ2n) is 2.66. The third-order valence-electron chi connectivity index (χ3n) is 1.57. The van der Waals surface area contributed by atoms with Gasteiger partial charge in [0.15, 0.2) is 0 Å². The van der Waals surface area contributed by atoms with Crippen LogP contribution in [0.25, 0.3) is 0 Å². The largest absolute Gasteiger partial charge is 0.378 e. The molecule has 0 saturated heterocycles. The molecule has 1 N–H and O–H groups in total. The van der Waals surface area contributed by atoms with Crippen LogP contribution in [0.2, 0.25) is 0 Å². The number of hydrogen-bond donors (Lipinski definition) is 1. The smallest absolute Gasteiger partial charge is 0.268 e. The zero-order valence-electron chi connectivity index (χ0n) is 7.42. The van der Waals surface area contributed by atoms with E-state index >= 15 is 0 Å². The molecule has 4 nitrogen and oxygen atoms in total. The Hall–Kier alpha value is -1.33. The SMILES string of the molecule is C=CCc1ccccc1[N]S(=O)(=O)O. The molecule has 0 aromatic heterocycles. The van der Waals surface area contributed by atoms with Crippen LogP contribution in [0, 0.1) is 0 Å². The van der Waals surface area contributed by atoms with E-state index in [2.05, 4.69) is 11.3 Å². The van der Waals surface area contributed by atoms with Gasteiger partial charge in [0.05, 0.1) is 5.69 Å². The summed E-state index contributed by atoms with van der Waals surface area (Å²) in [6, 6.07) is 6.66. The fourth-order valence-corrected chi connectivity index (χ4v) is 1.48. The van der Waals surface area contributed by atoms with E-state index < -0.39 is 10.3 Å². The van der Waals surface area contributed by atoms with Crippen LogP contribution in [-0.2, 0) is 16.7 Å². The zero-order valence-corrected chi connectivity index (χ0v) is 8.24. The molecular weight excluding hydrogens is 202 g/mol. The van der Waals surface area contributed by atoms with E-state index in [1.54, 1.807) is 24.3 Å². The third-order valence-corrected chi connectivity index (χ3v) is 2.00. The topological polar surface area (TPSA) is 68.5 Å². The van der Waals surface area contributed by atoms with Crippen molar-refractivity contribution in [2.45, 2.75) is 6.42 Å². The summed E-state index contributed by atoms with van der Waals surface area (Å²) in [6.07, 6.45) is 2.15. The van der Waals surface area contributed by atoms with Crippen LogP contribution in [0.5, 0.6) is 0 Å². The number of rotatable bonds is 4. The molecule has 0 spiro atoms. The van der Waals surface area contributed by atoms with Crippen molar-refractivity contribution in [3.8, 4) is 0 Å². The van der Waals surface area contributed by atoms with Crippen LogP contribution in [0.15, 0.2) is 36.9 Å². The number of allylic oxidation sites excluding steroid dienone is 1. The molecule has 1 aromatic carbocycles. The molecule has 0 heterocycles. The summed E-state index contributed by atoms with van der Waals surface area (Å²) in [7, 11) is -4.33. The van der Waals surface area contributed by atoms with Gasteiger partial charge in [-0.1, -0.05) is 24.3 Å². The molecule has 14 heavy (non-hydrogen) atoms. The van der Waals surface area contributed by atoms with Crippen LogP contribution in [0.3, 0.4) is 0 Å². The summed E-state index contributed by atoms with van der Waals surface area (Å²) < 4.78 is 32.8. The minimum atomic E-state index is -4.33. The molecule has 0 aliphatic carbocycles. The van der Waals surface area contributed by atoms with E-state index in [9.17, 15) is 8.42 Å². The first-order chi connectivity index (χ1) is 6.53. The van der Waals surface area contributed by atoms with Crippen molar-refractivity contribution in [1.29, 1.82) is 0 Å². The maximum atomic E-state index is 10.5. The fourth-order valence-electron chi connectivity index (χ4n) is 1.05. The molecule has 0 atom stereocenters. The van der Waals surface area contributed by atoms with Crippen molar-refractivity contribution in [3.05, 3.63) is 42.5 Å². The Morgan fingerprint density at radius 2 is 2.07 bits per heavy atom. The molecule has 0 bridgehead atoms. The van der Waals surface area contributed by atoms with E-state index in [0.717, 1.165) is 0 Å². The van der Waals surface area contributed by atoms with Gasteiger partial charge in [-0.05, 0) is 18.1 Å². The standard InChI is InChI=1S/C9H10NO3S/c1-2-5-8-6-3-4-7-9(8)10-14(11,12)13/h2-4,6-7H,1,5H2,(H,11,12,13). The molecule has 0 amide bonds. The van der Waals surface area contributed by atoms with Crippen molar-refractivity contribution in [2.75, 3.05) is 0 Å². The van der Waals surface area contributed by atoms with Crippen molar-refractivity contribution >= 4 is 16.0 Å². The van der Waals surface area contributed by atoms with E-state index in [-0.39, 0.29) is 5.69 Å². The molecule has 1 radical (unpaired) electrons. The summed E-state index contributed by atoms with van der Waals surface area (Å²) in [5.41, 5.74) is 0.954. The molecule has 0 aliphatic rings. The molecule has 1 aromatic rings. The third kappa shape index (κ3) is 3.20. The van der Waals surface area contributed by atoms with Gasteiger partial charge in [0.1, 0.15) is 0 Å². The average Bonchev–Trinajstić information content (AvgIpc) is 2.06. The van der Waals surface area contributed by atoms with Gasteiger partial charge in [0, 0.05) is 0 Å². The number of nitrogens with zero attached hydrogens (tertiary/aromatic N) is 1. The molecule has 0 fully saturated rings. The second kappa shape index (κ2) is 4.26. The van der Waals surface area contributed by atoms with Gasteiger partial charge < -0.3 is 0 Å². The van der Waals surface area contributed by atoms with Crippen LogP contribution in [0.1, 0.15) is 5.56 Å². The van der Waals surface area contributed by atoms with Crippen LogP contribution < -0.4 is 4.72 Å². The normalized spacial score (nSPS) is 10.9. The lowest BCUT2D eigenvalue weighted by Crippen LogP contribution is -2.10. The van der Waals surface area contributed by atoms with Gasteiger partial charge in [-0.15, -0.1) is 11.3 Å². The molecule has 0 saturated carbocycles. The van der Waals surface area contributed by atoms with Crippen molar-refractivity contribution in [3.63, 3.8) is 0 Å². The monoisotopic (exact) mass is 212 g/mol. The summed E-state index contributed by atoms with van der Waals surface area (Å²) in [6.45, 7) is 3.54. The quantitative estimate of drug-likeness (QED) is 0.606. The maximum absolute atomic E-state index is 10.5. The van der Waals surface area contributed by atoms with E-state index in [4.69, 9.17) is 4.55 Å². The Labute approximate surface area is 83.2 Å². The van der Waals surface area contributed by atoms with Gasteiger partial charge in [-0.25, -0.2) is 0 Å². The summed E-state index contributed by atoms with van der Waals surface area (Å²) >= 11 is 0. The highest BCUT2D eigenvalue weighted by atomic mass is 32.2. The predicted molar refractivity (Wildman–Crippen MR) is 53.7 cm³/mol. The van der Waals surface area contributed by atoms with Crippen LogP contribution in [0.4, 0.5) is 5.69 Å². The lowest BCUT2D eigenvalue weighted by molar-refractivity contribution is 0.475. The van der Waals surface area contributed by atoms with Crippen molar-refractivity contribution < 1.29 is 13.0 Å². The van der Waals surface area contributed by atoms with Crippen molar-refractivity contribution in [2.24, 2.45) is 0 Å². The van der Waals surface area contributed by atoms with Gasteiger partial charge >= 0.3 is 10.3 Å². The second-order valence-corrected chi connectivity index (χ2v) is 3.74. The molecule has 75 valence electrons. The first-order valence-electron chi connectivity index (χ1n) is 3.92. The molecule has 5 heteroatoms. The molecular formula is C9H10NO3S. The van der Waals surface area contributed by atoms with Crippen LogP contribution in [-0.4, -0.2) is 13.0 Å². The Morgan fingerprint density at radius 3 is 2.64 bits per heavy atom. The minimum absolute atomic E-state index is 0.245. The Kier molecular flexibility index (Phi) is 3.27. The lowest BCUT2D eigenvalue weighted by atomic mass is 10.1. The first-order valence-corrected chi connectivity index (χ1v) is 5.32. The zero-order chi connectivity index (χ0) is 10.6. The highest BCUT2D eigenvalue weighted by Crippen LogP contribution is 2.16. The van der Waals surface area contributed by atoms with Crippen molar-refractivity contribution in [1.82, 2.24) is 4.72 Å². The Balaban J connectivity index is 3.01. The fraction of sp³-hybridized carbons (Fsp3) is 0.111. The van der Waals surface area contributed by atoms with Crippen LogP contribution >= 0.6 is 0 Å². The molecule has 0 aliphatic heterocycles. The number of hydrogen-bond acceptors (Lipinski definition) is 2. The molecule has 1 rings (SSSR count). The first kappa shape index (κ1) is 10.7. The van der Waals surface area contributed by atoms with Gasteiger partial charge in [0.25, 0.3) is 0 Å². The Morgan fingerprint density at radius 1 is 1.43 bits per heavy atom. The summed E-state index contributed by atoms with van der Waals surface area (Å²) in [4.78, 5) is 0. The summed E-state index contributed by atoms with van der Waals surface area (Å²) in [5.74, 6) is 0. The van der Waals surface area contributed by atoms with E-state index in [1.807, 2.05) is 0 Å². The maximum Gasteiger partial charge on any atom is 0.378 e. The lowest BCUT2D eigenvalue weighted by Gasteiger charge is -2.04. The van der Waals surface area contributed by atoms with Gasteiger partial charge in [-0.2, -0.15) is 8.42 Å².